The van der Waals surface area contributed by atoms with E-state index in [0.717, 1.165) is 16.0 Å². The molecule has 33 heavy (non-hydrogen) atoms. The zero-order chi connectivity index (χ0) is 24.8. The summed E-state index contributed by atoms with van der Waals surface area (Å²) in [7, 11) is 1.40. The molecule has 0 heterocycles. The van der Waals surface area contributed by atoms with E-state index in [1.807, 2.05) is 0 Å². The molecule has 6 nitrogen and oxygen atoms in total. The molecule has 3 N–H and O–H groups in total. The van der Waals surface area contributed by atoms with Gasteiger partial charge in [-0.1, -0.05) is 48.0 Å². The van der Waals surface area contributed by atoms with Crippen molar-refractivity contribution >= 4 is 23.6 Å². The molecule has 0 bridgehead atoms. The highest BCUT2D eigenvalue weighted by molar-refractivity contribution is 6.30. The molecule has 0 aliphatic rings. The Bertz CT molecular complexity index is 945. The fraction of sp³-hybridized carbons (Fsp3) is 0.417. The number of hydrogen-bond donors (Lipinski definition) is 2. The zero-order valence-corrected chi connectivity index (χ0v) is 20.0. The average molecular weight is 482 g/mol. The van der Waals surface area contributed by atoms with Gasteiger partial charge < -0.3 is 20.7 Å². The highest BCUT2D eigenvalue weighted by Gasteiger charge is 2.44. The van der Waals surface area contributed by atoms with Crippen molar-refractivity contribution in [3.63, 3.8) is 0 Å². The number of alkyl carbamates (subject to hydrolysis) is 1. The summed E-state index contributed by atoms with van der Waals surface area (Å²) < 4.78 is 35.0. The van der Waals surface area contributed by atoms with Gasteiger partial charge in [-0.05, 0) is 50.5 Å². The SMILES string of the molecule is CN(CCCNC(=O)OC(C)(C)C)C(=O)C(N)C(F)(F)c1ccc(-c2ccc(Cl)cc2)cc1. The van der Waals surface area contributed by atoms with E-state index in [0.29, 0.717) is 11.4 Å². The second-order valence-electron chi connectivity index (χ2n) is 8.73. The normalized spacial score (nSPS) is 12.7. The molecule has 0 aromatic heterocycles. The third kappa shape index (κ3) is 7.68. The molecule has 2 rings (SSSR count). The van der Waals surface area contributed by atoms with Gasteiger partial charge in [0.2, 0.25) is 5.91 Å². The van der Waals surface area contributed by atoms with Crippen LogP contribution in [0.3, 0.4) is 0 Å². The maximum atomic E-state index is 14.9. The van der Waals surface area contributed by atoms with Gasteiger partial charge in [-0.25, -0.2) is 4.79 Å². The van der Waals surface area contributed by atoms with Crippen molar-refractivity contribution in [2.75, 3.05) is 20.1 Å². The Morgan fingerprint density at radius 1 is 1.06 bits per heavy atom. The second-order valence-corrected chi connectivity index (χ2v) is 9.16. The molecule has 180 valence electrons. The number of likely N-dealkylation sites (N-methyl/N-ethyl adjacent to an activating group) is 1. The number of benzene rings is 2. The Balaban J connectivity index is 1.93. The largest absolute Gasteiger partial charge is 0.444 e. The number of rotatable bonds is 8. The van der Waals surface area contributed by atoms with Gasteiger partial charge in [0, 0.05) is 30.7 Å². The number of amides is 2. The lowest BCUT2D eigenvalue weighted by atomic mass is 9.97. The molecule has 0 saturated carbocycles. The van der Waals surface area contributed by atoms with Crippen LogP contribution in [0, 0.1) is 0 Å². The van der Waals surface area contributed by atoms with Gasteiger partial charge in [-0.3, -0.25) is 4.79 Å². The van der Waals surface area contributed by atoms with Gasteiger partial charge >= 0.3 is 6.09 Å². The Morgan fingerprint density at radius 3 is 2.09 bits per heavy atom. The van der Waals surface area contributed by atoms with Crippen LogP contribution in [0.25, 0.3) is 11.1 Å². The van der Waals surface area contributed by atoms with E-state index in [1.165, 1.54) is 19.2 Å². The zero-order valence-electron chi connectivity index (χ0n) is 19.2. The fourth-order valence-corrected chi connectivity index (χ4v) is 3.16. The monoisotopic (exact) mass is 481 g/mol. The van der Waals surface area contributed by atoms with Crippen molar-refractivity contribution < 1.29 is 23.1 Å². The Hall–Kier alpha value is -2.71. The summed E-state index contributed by atoms with van der Waals surface area (Å²) in [5, 5.41) is 3.13. The summed E-state index contributed by atoms with van der Waals surface area (Å²) >= 11 is 5.88. The van der Waals surface area contributed by atoms with Gasteiger partial charge in [0.05, 0.1) is 0 Å². The maximum Gasteiger partial charge on any atom is 0.407 e. The predicted molar refractivity (Wildman–Crippen MR) is 125 cm³/mol. The Labute approximate surface area is 198 Å². The van der Waals surface area contributed by atoms with Crippen molar-refractivity contribution in [2.24, 2.45) is 5.73 Å². The van der Waals surface area contributed by atoms with Crippen LogP contribution in [0.1, 0.15) is 32.8 Å². The van der Waals surface area contributed by atoms with E-state index >= 15 is 0 Å². The minimum Gasteiger partial charge on any atom is -0.444 e. The van der Waals surface area contributed by atoms with E-state index in [-0.39, 0.29) is 18.7 Å². The molecular weight excluding hydrogens is 452 g/mol. The Kier molecular flexibility index (Phi) is 8.80. The van der Waals surface area contributed by atoms with E-state index in [4.69, 9.17) is 22.1 Å². The number of halogens is 3. The lowest BCUT2D eigenvalue weighted by Crippen LogP contribution is -2.51. The molecule has 0 radical (unpaired) electrons. The molecule has 0 aliphatic heterocycles. The van der Waals surface area contributed by atoms with Gasteiger partial charge in [0.25, 0.3) is 5.92 Å². The molecular formula is C24H30ClF2N3O3. The predicted octanol–water partition coefficient (Wildman–Crippen LogP) is 4.80. The summed E-state index contributed by atoms with van der Waals surface area (Å²) in [5.74, 6) is -4.45. The third-order valence-electron chi connectivity index (χ3n) is 4.82. The first-order valence-electron chi connectivity index (χ1n) is 10.5. The summed E-state index contributed by atoms with van der Waals surface area (Å²) in [6.07, 6.45) is -0.225. The average Bonchev–Trinajstić information content (AvgIpc) is 2.75. The van der Waals surface area contributed by atoms with Gasteiger partial charge in [0.15, 0.2) is 6.04 Å². The Morgan fingerprint density at radius 2 is 1.58 bits per heavy atom. The first-order chi connectivity index (χ1) is 15.3. The lowest BCUT2D eigenvalue weighted by Gasteiger charge is -2.27. The molecule has 2 amide bonds. The lowest BCUT2D eigenvalue weighted by molar-refractivity contribution is -0.141. The van der Waals surface area contributed by atoms with E-state index in [9.17, 15) is 18.4 Å². The summed E-state index contributed by atoms with van der Waals surface area (Å²) in [4.78, 5) is 25.3. The number of ether oxygens (including phenoxy) is 1. The molecule has 2 aromatic carbocycles. The number of nitrogens with one attached hydrogen (secondary N) is 1. The van der Waals surface area contributed by atoms with Crippen molar-refractivity contribution in [1.29, 1.82) is 0 Å². The van der Waals surface area contributed by atoms with Crippen molar-refractivity contribution in [3.8, 4) is 11.1 Å². The number of carbonyl (C=O) groups excluding carboxylic acids is 2. The van der Waals surface area contributed by atoms with Gasteiger partial charge in [0.1, 0.15) is 5.60 Å². The number of alkyl halides is 2. The minimum absolute atomic E-state index is 0.147. The van der Waals surface area contributed by atoms with Crippen LogP contribution < -0.4 is 11.1 Å². The molecule has 0 fully saturated rings. The summed E-state index contributed by atoms with van der Waals surface area (Å²) in [6, 6.07) is 10.6. The van der Waals surface area contributed by atoms with Crippen LogP contribution in [0.15, 0.2) is 48.5 Å². The van der Waals surface area contributed by atoms with Crippen LogP contribution >= 0.6 is 11.6 Å². The minimum atomic E-state index is -3.56. The van der Waals surface area contributed by atoms with Crippen LogP contribution in [-0.4, -0.2) is 48.7 Å². The van der Waals surface area contributed by atoms with Crippen LogP contribution in [0.2, 0.25) is 5.02 Å². The number of hydrogen-bond acceptors (Lipinski definition) is 4. The number of nitrogens with two attached hydrogens (primary N) is 1. The van der Waals surface area contributed by atoms with E-state index in [2.05, 4.69) is 5.32 Å². The summed E-state index contributed by atoms with van der Waals surface area (Å²) in [6.45, 7) is 5.60. The van der Waals surface area contributed by atoms with Crippen molar-refractivity contribution in [1.82, 2.24) is 10.2 Å². The quantitative estimate of drug-likeness (QED) is 0.530. The summed E-state index contributed by atoms with van der Waals surface area (Å²) in [5.41, 5.74) is 6.27. The highest BCUT2D eigenvalue weighted by Crippen LogP contribution is 2.33. The second kappa shape index (κ2) is 10.9. The van der Waals surface area contributed by atoms with Crippen molar-refractivity contribution in [3.05, 3.63) is 59.1 Å². The smallest absolute Gasteiger partial charge is 0.407 e. The molecule has 0 aliphatic carbocycles. The van der Waals surface area contributed by atoms with Crippen molar-refractivity contribution in [2.45, 2.75) is 44.8 Å². The maximum absolute atomic E-state index is 14.9. The molecule has 0 saturated heterocycles. The molecule has 0 spiro atoms. The van der Waals surface area contributed by atoms with Gasteiger partial charge in [-0.15, -0.1) is 0 Å². The fourth-order valence-electron chi connectivity index (χ4n) is 3.03. The number of carbonyl (C=O) groups is 2. The standard InChI is InChI=1S/C24H30ClF2N3O3/c1-23(2,3)33-22(32)29-14-5-15-30(4)21(31)20(28)24(26,27)18-10-6-16(7-11-18)17-8-12-19(25)13-9-17/h6-13,20H,5,14-15,28H2,1-4H3,(H,29,32). The van der Waals surface area contributed by atoms with E-state index < -0.39 is 29.6 Å². The number of nitrogens with zero attached hydrogens (tertiary/aromatic N) is 1. The van der Waals surface area contributed by atoms with Crippen LogP contribution in [-0.2, 0) is 15.5 Å². The molecule has 1 atom stereocenters. The van der Waals surface area contributed by atoms with Crippen LogP contribution in [0.4, 0.5) is 13.6 Å². The first-order valence-corrected chi connectivity index (χ1v) is 10.9. The van der Waals surface area contributed by atoms with Crippen LogP contribution in [0.5, 0.6) is 0 Å². The topological polar surface area (TPSA) is 84.7 Å². The molecule has 9 heteroatoms. The highest BCUT2D eigenvalue weighted by atomic mass is 35.5. The molecule has 1 unspecified atom stereocenters. The van der Waals surface area contributed by atoms with E-state index in [1.54, 1.807) is 57.2 Å². The first kappa shape index (κ1) is 26.5. The molecule has 2 aromatic rings. The third-order valence-corrected chi connectivity index (χ3v) is 5.07. The van der Waals surface area contributed by atoms with Gasteiger partial charge in [-0.2, -0.15) is 8.78 Å².